The zero-order chi connectivity index (χ0) is 22.7. The molecule has 1 atom stereocenters. The number of nitrogens with one attached hydrogen (secondary N) is 1. The average molecular weight is 476 g/mol. The normalized spacial score (nSPS) is 26.2. The first-order chi connectivity index (χ1) is 16.2. The van der Waals surface area contributed by atoms with Crippen LogP contribution in [0.15, 0.2) is 0 Å². The molecular weight excluding hydrogens is 434 g/mol. The van der Waals surface area contributed by atoms with Crippen molar-refractivity contribution in [1.82, 2.24) is 24.9 Å². The number of morpholine rings is 1. The van der Waals surface area contributed by atoms with E-state index in [2.05, 4.69) is 21.8 Å². The zero-order valence-corrected chi connectivity index (χ0v) is 21.1. The first kappa shape index (κ1) is 23.6. The SMILES string of the molecule is CCn1nc(C(=O)N2CCSCC2)c2c1CCC(NCC1(N3CCOCC3)CCCCC1)C2. The maximum atomic E-state index is 13.4. The third kappa shape index (κ3) is 5.00. The molecule has 1 aromatic heterocycles. The fraction of sp³-hybridized carbons (Fsp3) is 0.840. The quantitative estimate of drug-likeness (QED) is 0.682. The van der Waals surface area contributed by atoms with E-state index >= 15 is 0 Å². The van der Waals surface area contributed by atoms with Crippen molar-refractivity contribution in [2.24, 2.45) is 0 Å². The average Bonchev–Trinajstić information content (AvgIpc) is 3.26. The second kappa shape index (κ2) is 10.7. The van der Waals surface area contributed by atoms with E-state index in [-0.39, 0.29) is 11.4 Å². The molecular formula is C25H41N5O2S. The van der Waals surface area contributed by atoms with Gasteiger partial charge in [0.25, 0.3) is 5.91 Å². The standard InChI is InChI=1S/C25H41N5O2S/c1-2-30-22-7-6-20(18-21(22)23(27-30)24(31)28-12-16-33-17-13-28)26-19-25(8-4-3-5-9-25)29-10-14-32-15-11-29/h20,26H,2-19H2,1H3. The first-order valence-corrected chi connectivity index (χ1v) is 14.4. The molecule has 1 aromatic rings. The number of fused-ring (bicyclic) bond motifs is 1. The van der Waals surface area contributed by atoms with E-state index < -0.39 is 0 Å². The molecule has 2 aliphatic carbocycles. The minimum atomic E-state index is 0.150. The molecule has 184 valence electrons. The number of nitrogens with zero attached hydrogens (tertiary/aromatic N) is 4. The topological polar surface area (TPSA) is 62.6 Å². The van der Waals surface area contributed by atoms with Gasteiger partial charge in [-0.2, -0.15) is 16.9 Å². The van der Waals surface area contributed by atoms with Gasteiger partial charge >= 0.3 is 0 Å². The summed E-state index contributed by atoms with van der Waals surface area (Å²) in [5.41, 5.74) is 3.52. The van der Waals surface area contributed by atoms with Gasteiger partial charge in [0, 0.05) is 73.6 Å². The lowest BCUT2D eigenvalue weighted by Gasteiger charge is -2.49. The summed E-state index contributed by atoms with van der Waals surface area (Å²) in [6, 6.07) is 0.426. The number of amides is 1. The lowest BCUT2D eigenvalue weighted by Crippen LogP contribution is -2.60. The number of rotatable bonds is 6. The van der Waals surface area contributed by atoms with Crippen LogP contribution in [-0.2, 0) is 24.1 Å². The number of thioether (sulfide) groups is 1. The molecule has 7 nitrogen and oxygen atoms in total. The molecule has 4 aliphatic rings. The van der Waals surface area contributed by atoms with E-state index in [1.54, 1.807) is 0 Å². The molecule has 2 aliphatic heterocycles. The second-order valence-corrected chi connectivity index (χ2v) is 11.4. The van der Waals surface area contributed by atoms with Crippen molar-refractivity contribution >= 4 is 17.7 Å². The third-order valence-corrected chi connectivity index (χ3v) is 9.28. The van der Waals surface area contributed by atoms with Crippen molar-refractivity contribution in [3.8, 4) is 0 Å². The number of hydrogen-bond acceptors (Lipinski definition) is 6. The van der Waals surface area contributed by atoms with Crippen LogP contribution in [0, 0.1) is 0 Å². The van der Waals surface area contributed by atoms with Crippen molar-refractivity contribution in [2.45, 2.75) is 76.4 Å². The summed E-state index contributed by atoms with van der Waals surface area (Å²) in [6.07, 6.45) is 9.71. The predicted molar refractivity (Wildman–Crippen MR) is 133 cm³/mol. The Morgan fingerprint density at radius 1 is 1.15 bits per heavy atom. The van der Waals surface area contributed by atoms with Crippen molar-refractivity contribution in [1.29, 1.82) is 0 Å². The summed E-state index contributed by atoms with van der Waals surface area (Å²) in [6.45, 7) is 9.58. The molecule has 0 spiro atoms. The van der Waals surface area contributed by atoms with E-state index in [9.17, 15) is 4.79 Å². The number of aromatic nitrogens is 2. The van der Waals surface area contributed by atoms with Gasteiger partial charge in [-0.3, -0.25) is 14.4 Å². The third-order valence-electron chi connectivity index (χ3n) is 8.33. The van der Waals surface area contributed by atoms with Crippen LogP contribution in [0.4, 0.5) is 0 Å². The molecule has 1 N–H and O–H groups in total. The van der Waals surface area contributed by atoms with E-state index in [1.165, 1.54) is 43.4 Å². The zero-order valence-electron chi connectivity index (χ0n) is 20.3. The van der Waals surface area contributed by atoms with E-state index in [0.717, 1.165) is 88.9 Å². The molecule has 33 heavy (non-hydrogen) atoms. The molecule has 8 heteroatoms. The molecule has 5 rings (SSSR count). The van der Waals surface area contributed by atoms with Crippen LogP contribution in [0.3, 0.4) is 0 Å². The maximum Gasteiger partial charge on any atom is 0.274 e. The highest BCUT2D eigenvalue weighted by Crippen LogP contribution is 2.35. The molecule has 2 saturated heterocycles. The van der Waals surface area contributed by atoms with Gasteiger partial charge in [0.2, 0.25) is 0 Å². The summed E-state index contributed by atoms with van der Waals surface area (Å²) < 4.78 is 7.75. The maximum absolute atomic E-state index is 13.4. The Hall–Kier alpha value is -1.09. The Labute approximate surface area is 203 Å². The van der Waals surface area contributed by atoms with Gasteiger partial charge in [-0.1, -0.05) is 19.3 Å². The van der Waals surface area contributed by atoms with Gasteiger partial charge in [0.1, 0.15) is 0 Å². The minimum Gasteiger partial charge on any atom is -0.379 e. The number of carbonyl (C=O) groups is 1. The van der Waals surface area contributed by atoms with Crippen molar-refractivity contribution in [2.75, 3.05) is 57.4 Å². The highest BCUT2D eigenvalue weighted by atomic mass is 32.2. The molecule has 0 radical (unpaired) electrons. The molecule has 3 fully saturated rings. The Morgan fingerprint density at radius 2 is 1.91 bits per heavy atom. The van der Waals surface area contributed by atoms with Gasteiger partial charge in [-0.25, -0.2) is 0 Å². The summed E-state index contributed by atoms with van der Waals surface area (Å²) in [5, 5.41) is 8.82. The fourth-order valence-corrected chi connectivity index (χ4v) is 7.30. The Kier molecular flexibility index (Phi) is 7.64. The van der Waals surface area contributed by atoms with Crippen LogP contribution in [0.2, 0.25) is 0 Å². The number of hydrogen-bond donors (Lipinski definition) is 1. The molecule has 3 heterocycles. The largest absolute Gasteiger partial charge is 0.379 e. The molecule has 1 amide bonds. The summed E-state index contributed by atoms with van der Waals surface area (Å²) >= 11 is 1.94. The second-order valence-electron chi connectivity index (χ2n) is 10.2. The number of ether oxygens (including phenoxy) is 1. The first-order valence-electron chi connectivity index (χ1n) is 13.2. The van der Waals surface area contributed by atoms with Crippen LogP contribution in [0.1, 0.15) is 67.2 Å². The van der Waals surface area contributed by atoms with E-state index in [4.69, 9.17) is 9.84 Å². The van der Waals surface area contributed by atoms with Crippen LogP contribution in [0.25, 0.3) is 0 Å². The highest BCUT2D eigenvalue weighted by molar-refractivity contribution is 7.99. The van der Waals surface area contributed by atoms with E-state index in [1.807, 2.05) is 16.7 Å². The Balaban J connectivity index is 1.30. The summed E-state index contributed by atoms with van der Waals surface area (Å²) in [5.74, 6) is 2.23. The van der Waals surface area contributed by atoms with Crippen molar-refractivity contribution in [3.63, 3.8) is 0 Å². The summed E-state index contributed by atoms with van der Waals surface area (Å²) in [4.78, 5) is 18.1. The molecule has 0 bridgehead atoms. The van der Waals surface area contributed by atoms with Gasteiger partial charge in [0.05, 0.1) is 13.2 Å². The highest BCUT2D eigenvalue weighted by Gasteiger charge is 2.39. The smallest absolute Gasteiger partial charge is 0.274 e. The Morgan fingerprint density at radius 3 is 2.64 bits per heavy atom. The monoisotopic (exact) mass is 475 g/mol. The Bertz CT molecular complexity index is 810. The van der Waals surface area contributed by atoms with Gasteiger partial charge < -0.3 is 15.0 Å². The lowest BCUT2D eigenvalue weighted by atomic mass is 9.79. The lowest BCUT2D eigenvalue weighted by molar-refractivity contribution is -0.0378. The van der Waals surface area contributed by atoms with Crippen LogP contribution in [0.5, 0.6) is 0 Å². The number of aryl methyl sites for hydroxylation is 1. The molecule has 0 aromatic carbocycles. The van der Waals surface area contributed by atoms with Crippen LogP contribution < -0.4 is 5.32 Å². The van der Waals surface area contributed by atoms with Crippen LogP contribution >= 0.6 is 11.8 Å². The van der Waals surface area contributed by atoms with Crippen molar-refractivity contribution < 1.29 is 9.53 Å². The van der Waals surface area contributed by atoms with Gasteiger partial charge in [0.15, 0.2) is 5.69 Å². The van der Waals surface area contributed by atoms with Crippen molar-refractivity contribution in [3.05, 3.63) is 17.0 Å². The summed E-state index contributed by atoms with van der Waals surface area (Å²) in [7, 11) is 0. The number of carbonyl (C=O) groups excluding carboxylic acids is 1. The molecule has 1 unspecified atom stereocenters. The van der Waals surface area contributed by atoms with E-state index in [0.29, 0.717) is 6.04 Å². The minimum absolute atomic E-state index is 0.150. The fourth-order valence-electron chi connectivity index (χ4n) is 6.40. The van der Waals surface area contributed by atoms with Gasteiger partial charge in [-0.15, -0.1) is 0 Å². The van der Waals surface area contributed by atoms with Gasteiger partial charge in [-0.05, 0) is 39.0 Å². The predicted octanol–water partition coefficient (Wildman–Crippen LogP) is 2.57. The molecule has 1 saturated carbocycles. The van der Waals surface area contributed by atoms with Crippen LogP contribution in [-0.4, -0.2) is 94.5 Å².